The molecule has 27 heavy (non-hydrogen) atoms. The van der Waals surface area contributed by atoms with Crippen molar-refractivity contribution >= 4 is 17.8 Å². The van der Waals surface area contributed by atoms with E-state index in [0.29, 0.717) is 13.1 Å². The number of rotatable bonds is 5. The van der Waals surface area contributed by atoms with Crippen molar-refractivity contribution in [2.24, 2.45) is 5.92 Å². The van der Waals surface area contributed by atoms with Gasteiger partial charge in [0.1, 0.15) is 6.61 Å². The smallest absolute Gasteiger partial charge is 0.248 e. The van der Waals surface area contributed by atoms with Gasteiger partial charge in [-0.05, 0) is 25.3 Å². The fraction of sp³-hybridized carbons (Fsp3) is 0.684. The highest BCUT2D eigenvalue weighted by molar-refractivity contribution is 5.83. The van der Waals surface area contributed by atoms with Crippen LogP contribution < -0.4 is 4.90 Å². The molecule has 1 aromatic rings. The monoisotopic (exact) mass is 375 g/mol. The first-order chi connectivity index (χ1) is 13.0. The first kappa shape index (κ1) is 19.5. The van der Waals surface area contributed by atoms with E-state index in [2.05, 4.69) is 9.88 Å². The molecule has 2 atom stereocenters. The first-order valence-corrected chi connectivity index (χ1v) is 9.57. The molecule has 2 fully saturated rings. The lowest BCUT2D eigenvalue weighted by Crippen LogP contribution is -2.36. The molecular formula is C19H29N5O3. The van der Waals surface area contributed by atoms with Gasteiger partial charge >= 0.3 is 0 Å². The van der Waals surface area contributed by atoms with Crippen LogP contribution in [0.15, 0.2) is 12.3 Å². The van der Waals surface area contributed by atoms with Gasteiger partial charge in [0.15, 0.2) is 0 Å². The van der Waals surface area contributed by atoms with Crippen LogP contribution in [0, 0.1) is 5.92 Å². The highest BCUT2D eigenvalue weighted by Crippen LogP contribution is 2.33. The van der Waals surface area contributed by atoms with Crippen LogP contribution in [0.1, 0.15) is 30.9 Å². The second kappa shape index (κ2) is 8.65. The van der Waals surface area contributed by atoms with Crippen molar-refractivity contribution in [2.45, 2.75) is 25.2 Å². The molecule has 0 bridgehead atoms. The van der Waals surface area contributed by atoms with Gasteiger partial charge in [0.05, 0.1) is 11.6 Å². The average molecular weight is 375 g/mol. The highest BCUT2D eigenvalue weighted by atomic mass is 16.5. The summed E-state index contributed by atoms with van der Waals surface area (Å²) in [5, 5.41) is 0. The minimum Gasteiger partial charge on any atom is -0.375 e. The van der Waals surface area contributed by atoms with Gasteiger partial charge in [0.2, 0.25) is 17.8 Å². The summed E-state index contributed by atoms with van der Waals surface area (Å²) in [5.41, 5.74) is 0.832. The van der Waals surface area contributed by atoms with E-state index in [1.54, 1.807) is 30.1 Å². The van der Waals surface area contributed by atoms with Gasteiger partial charge in [-0.3, -0.25) is 9.59 Å². The number of likely N-dealkylation sites (tertiary alicyclic amines) is 1. The molecule has 148 valence electrons. The molecule has 0 aromatic carbocycles. The summed E-state index contributed by atoms with van der Waals surface area (Å²) in [6.45, 7) is 2.83. The maximum atomic E-state index is 12.7. The molecule has 2 aliphatic rings. The Hall–Kier alpha value is -2.22. The van der Waals surface area contributed by atoms with E-state index in [-0.39, 0.29) is 30.3 Å². The van der Waals surface area contributed by atoms with Crippen LogP contribution >= 0.6 is 0 Å². The van der Waals surface area contributed by atoms with Gasteiger partial charge in [0, 0.05) is 59.5 Å². The topological polar surface area (TPSA) is 78.9 Å². The van der Waals surface area contributed by atoms with Crippen molar-refractivity contribution in [1.82, 2.24) is 19.8 Å². The Labute approximate surface area is 160 Å². The second-order valence-corrected chi connectivity index (χ2v) is 7.51. The van der Waals surface area contributed by atoms with Gasteiger partial charge in [0.25, 0.3) is 0 Å². The van der Waals surface area contributed by atoms with E-state index in [1.165, 1.54) is 13.5 Å². The Kier molecular flexibility index (Phi) is 6.26. The van der Waals surface area contributed by atoms with E-state index in [9.17, 15) is 9.59 Å². The van der Waals surface area contributed by atoms with E-state index in [1.807, 2.05) is 6.07 Å². The van der Waals surface area contributed by atoms with Gasteiger partial charge in [-0.1, -0.05) is 0 Å². The van der Waals surface area contributed by atoms with Gasteiger partial charge in [-0.2, -0.15) is 0 Å². The first-order valence-electron chi connectivity index (χ1n) is 9.57. The minimum atomic E-state index is -0.301. The summed E-state index contributed by atoms with van der Waals surface area (Å²) in [5.74, 6) is 0.217. The van der Waals surface area contributed by atoms with Gasteiger partial charge < -0.3 is 19.4 Å². The Morgan fingerprint density at radius 1 is 1.22 bits per heavy atom. The third-order valence-corrected chi connectivity index (χ3v) is 5.38. The highest BCUT2D eigenvalue weighted by Gasteiger charge is 2.41. The van der Waals surface area contributed by atoms with Crippen LogP contribution in [-0.4, -0.2) is 85.6 Å². The van der Waals surface area contributed by atoms with Crippen LogP contribution in [0.5, 0.6) is 0 Å². The number of hydrogen-bond donors (Lipinski definition) is 0. The van der Waals surface area contributed by atoms with Crippen molar-refractivity contribution in [3.05, 3.63) is 18.0 Å². The number of amides is 2. The number of carbonyl (C=O) groups excluding carboxylic acids is 2. The van der Waals surface area contributed by atoms with E-state index >= 15 is 0 Å². The number of methoxy groups -OCH3 is 1. The van der Waals surface area contributed by atoms with Crippen molar-refractivity contribution in [1.29, 1.82) is 0 Å². The number of piperidine rings is 1. The molecule has 8 heteroatoms. The van der Waals surface area contributed by atoms with Crippen molar-refractivity contribution < 1.29 is 14.3 Å². The predicted molar refractivity (Wildman–Crippen MR) is 101 cm³/mol. The van der Waals surface area contributed by atoms with Crippen LogP contribution in [0.4, 0.5) is 5.95 Å². The molecule has 0 aliphatic carbocycles. The zero-order chi connectivity index (χ0) is 19.4. The number of carbonyl (C=O) groups is 2. The van der Waals surface area contributed by atoms with Crippen molar-refractivity contribution in [2.75, 3.05) is 58.9 Å². The lowest BCUT2D eigenvalue weighted by Gasteiger charge is -2.27. The lowest BCUT2D eigenvalue weighted by molar-refractivity contribution is -0.135. The van der Waals surface area contributed by atoms with Gasteiger partial charge in [-0.15, -0.1) is 0 Å². The van der Waals surface area contributed by atoms with Crippen LogP contribution in [0.3, 0.4) is 0 Å². The van der Waals surface area contributed by atoms with E-state index in [0.717, 1.165) is 37.6 Å². The minimum absolute atomic E-state index is 0.0193. The maximum Gasteiger partial charge on any atom is 0.248 e. The number of hydrogen-bond acceptors (Lipinski definition) is 6. The fourth-order valence-electron chi connectivity index (χ4n) is 3.92. The van der Waals surface area contributed by atoms with Crippen molar-refractivity contribution in [3.8, 4) is 0 Å². The molecule has 0 spiro atoms. The zero-order valence-electron chi connectivity index (χ0n) is 16.4. The number of ether oxygens (including phenoxy) is 1. The number of aromatic nitrogens is 2. The Morgan fingerprint density at radius 2 is 1.96 bits per heavy atom. The second-order valence-electron chi connectivity index (χ2n) is 7.51. The summed E-state index contributed by atoms with van der Waals surface area (Å²) in [6.07, 6.45) is 5.31. The molecular weight excluding hydrogens is 346 g/mol. The average Bonchev–Trinajstić information content (AvgIpc) is 3.14. The zero-order valence-corrected chi connectivity index (χ0v) is 16.4. The quantitative estimate of drug-likeness (QED) is 0.755. The molecule has 2 saturated heterocycles. The summed E-state index contributed by atoms with van der Waals surface area (Å²) in [7, 11) is 5.00. The molecule has 2 amide bonds. The molecule has 2 aliphatic heterocycles. The van der Waals surface area contributed by atoms with E-state index < -0.39 is 0 Å². The third kappa shape index (κ3) is 4.37. The summed E-state index contributed by atoms with van der Waals surface area (Å²) < 4.78 is 4.98. The van der Waals surface area contributed by atoms with E-state index in [4.69, 9.17) is 9.72 Å². The fourth-order valence-corrected chi connectivity index (χ4v) is 3.92. The SMILES string of the molecule is COCC(=O)N1C[C@H](C(=O)N(C)C)[C@@H](c2ccnc(N3CCCCC3)n2)C1. The van der Waals surface area contributed by atoms with Gasteiger partial charge in [-0.25, -0.2) is 9.97 Å². The molecule has 0 N–H and O–H groups in total. The van der Waals surface area contributed by atoms with Crippen LogP contribution in [-0.2, 0) is 14.3 Å². The Balaban J connectivity index is 1.84. The number of anilines is 1. The molecule has 3 heterocycles. The normalized spacial score (nSPS) is 22.8. The maximum absolute atomic E-state index is 12.7. The summed E-state index contributed by atoms with van der Waals surface area (Å²) in [6, 6.07) is 1.87. The molecule has 8 nitrogen and oxygen atoms in total. The standard InChI is InChI=1S/C19H29N5O3/c1-22(2)18(26)15-12-24(17(25)13-27-3)11-14(15)16-7-8-20-19(21-16)23-9-5-4-6-10-23/h7-8,14-15H,4-6,9-13H2,1-3H3/t14-,15-/m0/s1. The molecule has 3 rings (SSSR count). The molecule has 0 radical (unpaired) electrons. The van der Waals surface area contributed by atoms with Crippen molar-refractivity contribution in [3.63, 3.8) is 0 Å². The lowest BCUT2D eigenvalue weighted by atomic mass is 9.91. The largest absolute Gasteiger partial charge is 0.375 e. The predicted octanol–water partition coefficient (Wildman–Crippen LogP) is 0.744. The third-order valence-electron chi connectivity index (χ3n) is 5.38. The van der Waals surface area contributed by atoms with Crippen LogP contribution in [0.25, 0.3) is 0 Å². The Bertz CT molecular complexity index is 675. The van der Waals surface area contributed by atoms with Crippen LogP contribution in [0.2, 0.25) is 0 Å². The summed E-state index contributed by atoms with van der Waals surface area (Å²) >= 11 is 0. The number of nitrogens with zero attached hydrogens (tertiary/aromatic N) is 5. The molecule has 0 unspecified atom stereocenters. The molecule has 1 aromatic heterocycles. The molecule has 0 saturated carbocycles. The summed E-state index contributed by atoms with van der Waals surface area (Å²) in [4.78, 5) is 39.8. The Morgan fingerprint density at radius 3 is 2.63 bits per heavy atom.